The number of Topliss-reactive ketones (excluding diaryl/α,β-unsaturated/α-hetero) is 1. The highest BCUT2D eigenvalue weighted by atomic mass is 19.1. The van der Waals surface area contributed by atoms with Crippen molar-refractivity contribution in [3.63, 3.8) is 0 Å². The van der Waals surface area contributed by atoms with Gasteiger partial charge in [0.2, 0.25) is 11.8 Å². The molecule has 0 bridgehead atoms. The molecular weight excluding hydrogens is 595 g/mol. The SMILES string of the molecule is COC(=O)[C@@]1(CC(=O)[C@@H]2C[C@@H](Oc3nccc4cc(OC)ccc34)CN2C(=O)[C@@H](CC(=O)OC(C)(C)C)C(C)(C)C)C[C@H]1CCF. The lowest BCUT2D eigenvalue weighted by atomic mass is 9.77. The summed E-state index contributed by atoms with van der Waals surface area (Å²) >= 11 is 0. The van der Waals surface area contributed by atoms with Crippen LogP contribution in [0.4, 0.5) is 4.39 Å². The number of nitrogens with zero attached hydrogens (tertiary/aromatic N) is 2. The van der Waals surface area contributed by atoms with Crippen molar-refractivity contribution in [3.05, 3.63) is 30.5 Å². The molecule has 1 aliphatic carbocycles. The molecule has 2 heterocycles. The van der Waals surface area contributed by atoms with Crippen molar-refractivity contribution < 1.29 is 42.5 Å². The fraction of sp³-hybridized carbons (Fsp3) is 0.629. The standard InChI is InChI=1S/C35H47FN2O8/c1-33(2,3)26(17-29(40)46-34(4,5)6)31(41)38-20-24(45-30-25-10-9-23(43-7)15-21(25)12-14-37-30)16-27(38)28(39)19-35(32(42)44-8)18-22(35)11-13-36/h9-10,12,14-15,22,24,26-27H,11,13,16-20H2,1-8H3/t22-,24-,26-,27+,35-/m1/s1. The zero-order chi connectivity index (χ0) is 34.0. The lowest BCUT2D eigenvalue weighted by Gasteiger charge is -2.35. The largest absolute Gasteiger partial charge is 0.497 e. The topological polar surface area (TPSA) is 121 Å². The molecule has 0 unspecified atom stereocenters. The molecule has 2 aliphatic rings. The third-order valence-electron chi connectivity index (χ3n) is 9.04. The van der Waals surface area contributed by atoms with Gasteiger partial charge in [0, 0.05) is 24.4 Å². The maximum absolute atomic E-state index is 14.4. The summed E-state index contributed by atoms with van der Waals surface area (Å²) in [6, 6.07) is 6.41. The molecular formula is C35H47FN2O8. The molecule has 0 radical (unpaired) electrons. The number of alkyl halides is 1. The summed E-state index contributed by atoms with van der Waals surface area (Å²) in [5.74, 6) is -1.83. The molecule has 10 nitrogen and oxygen atoms in total. The maximum atomic E-state index is 14.4. The van der Waals surface area contributed by atoms with Gasteiger partial charge in [0.1, 0.15) is 17.5 Å². The molecule has 0 spiro atoms. The van der Waals surface area contributed by atoms with Crippen molar-refractivity contribution in [1.29, 1.82) is 0 Å². The first kappa shape index (κ1) is 35.1. The Labute approximate surface area is 270 Å². The Bertz CT molecular complexity index is 1460. The predicted octanol–water partition coefficient (Wildman–Crippen LogP) is 5.48. The highest BCUT2D eigenvalue weighted by molar-refractivity contribution is 5.96. The normalized spacial score (nSPS) is 23.5. The van der Waals surface area contributed by atoms with E-state index in [1.807, 2.05) is 39.0 Å². The molecule has 1 aliphatic heterocycles. The highest BCUT2D eigenvalue weighted by Crippen LogP contribution is 2.58. The third kappa shape index (κ3) is 7.78. The van der Waals surface area contributed by atoms with Crippen molar-refractivity contribution in [2.45, 2.75) is 91.4 Å². The molecule has 1 aromatic carbocycles. The van der Waals surface area contributed by atoms with E-state index in [-0.39, 0.29) is 49.8 Å². The number of rotatable bonds is 12. The maximum Gasteiger partial charge on any atom is 0.312 e. The number of carbonyl (C=O) groups excluding carboxylic acids is 4. The highest BCUT2D eigenvalue weighted by Gasteiger charge is 2.62. The Morgan fingerprint density at radius 3 is 2.41 bits per heavy atom. The molecule has 1 aromatic heterocycles. The van der Waals surface area contributed by atoms with Crippen LogP contribution in [-0.4, -0.2) is 78.7 Å². The van der Waals surface area contributed by atoms with Crippen LogP contribution < -0.4 is 9.47 Å². The van der Waals surface area contributed by atoms with Gasteiger partial charge in [0.05, 0.1) is 51.2 Å². The zero-order valence-corrected chi connectivity index (χ0v) is 28.2. The van der Waals surface area contributed by atoms with Crippen molar-refractivity contribution in [3.8, 4) is 11.6 Å². The van der Waals surface area contributed by atoms with Gasteiger partial charge in [-0.1, -0.05) is 20.8 Å². The number of halogens is 1. The van der Waals surface area contributed by atoms with Gasteiger partial charge < -0.3 is 23.8 Å². The minimum atomic E-state index is -1.11. The average molecular weight is 643 g/mol. The van der Waals surface area contributed by atoms with Crippen LogP contribution in [-0.2, 0) is 28.7 Å². The Hall–Kier alpha value is -3.76. The number of amides is 1. The van der Waals surface area contributed by atoms with E-state index in [1.54, 1.807) is 40.1 Å². The van der Waals surface area contributed by atoms with E-state index in [0.29, 0.717) is 18.1 Å². The summed E-state index contributed by atoms with van der Waals surface area (Å²) in [7, 11) is 2.84. The van der Waals surface area contributed by atoms with E-state index in [2.05, 4.69) is 4.98 Å². The second-order valence-electron chi connectivity index (χ2n) is 14.6. The van der Waals surface area contributed by atoms with Crippen molar-refractivity contribution in [2.24, 2.45) is 22.7 Å². The molecule has 1 amide bonds. The summed E-state index contributed by atoms with van der Waals surface area (Å²) in [6.07, 6.45) is 1.34. The molecule has 252 valence electrons. The second-order valence-corrected chi connectivity index (χ2v) is 14.6. The number of ether oxygens (including phenoxy) is 4. The van der Waals surface area contributed by atoms with Gasteiger partial charge in [-0.3, -0.25) is 23.6 Å². The lowest BCUT2D eigenvalue weighted by Crippen LogP contribution is -2.48. The first-order valence-corrected chi connectivity index (χ1v) is 15.8. The van der Waals surface area contributed by atoms with Gasteiger partial charge in [-0.2, -0.15) is 0 Å². The fourth-order valence-corrected chi connectivity index (χ4v) is 6.51. The number of pyridine rings is 1. The third-order valence-corrected chi connectivity index (χ3v) is 9.04. The average Bonchev–Trinajstić information content (AvgIpc) is 3.49. The van der Waals surface area contributed by atoms with Crippen LogP contribution in [0.3, 0.4) is 0 Å². The number of benzene rings is 1. The summed E-state index contributed by atoms with van der Waals surface area (Å²) in [5, 5.41) is 1.59. The molecule has 2 aromatic rings. The van der Waals surface area contributed by atoms with Gasteiger partial charge in [-0.15, -0.1) is 0 Å². The van der Waals surface area contributed by atoms with E-state index < -0.39 is 53.1 Å². The second kappa shape index (κ2) is 13.5. The minimum absolute atomic E-state index is 0.0729. The van der Waals surface area contributed by atoms with E-state index in [0.717, 1.165) is 10.8 Å². The molecule has 46 heavy (non-hydrogen) atoms. The minimum Gasteiger partial charge on any atom is -0.497 e. The summed E-state index contributed by atoms with van der Waals surface area (Å²) in [5.41, 5.74) is -2.49. The van der Waals surface area contributed by atoms with Crippen LogP contribution >= 0.6 is 0 Å². The number of esters is 2. The number of hydrogen-bond acceptors (Lipinski definition) is 9. The van der Waals surface area contributed by atoms with Crippen molar-refractivity contribution in [1.82, 2.24) is 9.88 Å². The van der Waals surface area contributed by atoms with Crippen LogP contribution in [0.2, 0.25) is 0 Å². The summed E-state index contributed by atoms with van der Waals surface area (Å²) in [4.78, 5) is 60.1. The van der Waals surface area contributed by atoms with Gasteiger partial charge >= 0.3 is 11.9 Å². The molecule has 5 atom stereocenters. The number of aromatic nitrogens is 1. The number of carbonyl (C=O) groups is 4. The number of methoxy groups -OCH3 is 2. The monoisotopic (exact) mass is 642 g/mol. The Morgan fingerprint density at radius 2 is 1.80 bits per heavy atom. The number of fused-ring (bicyclic) bond motifs is 1. The van der Waals surface area contributed by atoms with Crippen LogP contribution in [0, 0.1) is 22.7 Å². The molecule has 11 heteroatoms. The Morgan fingerprint density at radius 1 is 1.09 bits per heavy atom. The molecule has 1 saturated carbocycles. The van der Waals surface area contributed by atoms with E-state index in [4.69, 9.17) is 18.9 Å². The fourth-order valence-electron chi connectivity index (χ4n) is 6.51. The molecule has 0 N–H and O–H groups in total. The van der Waals surface area contributed by atoms with Crippen LogP contribution in [0.1, 0.15) is 73.6 Å². The van der Waals surface area contributed by atoms with E-state index >= 15 is 0 Å². The van der Waals surface area contributed by atoms with Gasteiger partial charge in [0.25, 0.3) is 0 Å². The smallest absolute Gasteiger partial charge is 0.312 e. The molecule has 4 rings (SSSR count). The summed E-state index contributed by atoms with van der Waals surface area (Å²) in [6.45, 7) is 10.4. The number of hydrogen-bond donors (Lipinski definition) is 0. The number of likely N-dealkylation sites (tertiary alicyclic amines) is 1. The quantitative estimate of drug-likeness (QED) is 0.277. The van der Waals surface area contributed by atoms with E-state index in [9.17, 15) is 23.6 Å². The molecule has 1 saturated heterocycles. The van der Waals surface area contributed by atoms with Gasteiger partial charge in [-0.05, 0) is 74.6 Å². The number of ketones is 1. The zero-order valence-electron chi connectivity index (χ0n) is 28.2. The Balaban J connectivity index is 1.65. The van der Waals surface area contributed by atoms with Crippen LogP contribution in [0.5, 0.6) is 11.6 Å². The summed E-state index contributed by atoms with van der Waals surface area (Å²) < 4.78 is 35.6. The first-order chi connectivity index (χ1) is 21.5. The van der Waals surface area contributed by atoms with Crippen LogP contribution in [0.25, 0.3) is 10.8 Å². The predicted molar refractivity (Wildman–Crippen MR) is 169 cm³/mol. The van der Waals surface area contributed by atoms with Gasteiger partial charge in [0.15, 0.2) is 5.78 Å². The van der Waals surface area contributed by atoms with Crippen molar-refractivity contribution in [2.75, 3.05) is 27.4 Å². The Kier molecular flexibility index (Phi) is 10.3. The van der Waals surface area contributed by atoms with Gasteiger partial charge in [-0.25, -0.2) is 4.98 Å². The molecule has 2 fully saturated rings. The first-order valence-electron chi connectivity index (χ1n) is 15.8. The van der Waals surface area contributed by atoms with Crippen molar-refractivity contribution >= 4 is 34.4 Å². The lowest BCUT2D eigenvalue weighted by molar-refractivity contribution is -0.161. The van der Waals surface area contributed by atoms with Crippen LogP contribution in [0.15, 0.2) is 30.5 Å². The van der Waals surface area contributed by atoms with E-state index in [1.165, 1.54) is 12.0 Å².